The van der Waals surface area contributed by atoms with Crippen molar-refractivity contribution < 1.29 is 27.9 Å². The van der Waals surface area contributed by atoms with Crippen LogP contribution >= 0.6 is 11.8 Å². The third-order valence-corrected chi connectivity index (χ3v) is 3.09. The molecular formula is C9H13F3N2O3S. The van der Waals surface area contributed by atoms with Gasteiger partial charge in [0.25, 0.3) is 0 Å². The van der Waals surface area contributed by atoms with Gasteiger partial charge in [0.15, 0.2) is 0 Å². The summed E-state index contributed by atoms with van der Waals surface area (Å²) in [5.41, 5.74) is -4.28. The predicted molar refractivity (Wildman–Crippen MR) is 59.2 cm³/mol. The van der Waals surface area contributed by atoms with E-state index in [9.17, 15) is 22.8 Å². The number of carboxylic acid groups (broad SMARTS) is 1. The summed E-state index contributed by atoms with van der Waals surface area (Å²) in [5.74, 6) is -1.21. The first-order valence-corrected chi connectivity index (χ1v) is 6.22. The highest BCUT2D eigenvalue weighted by atomic mass is 32.2. The van der Waals surface area contributed by atoms with Gasteiger partial charge in [-0.1, -0.05) is 0 Å². The normalized spacial score (nSPS) is 16.3. The Morgan fingerprint density at radius 1 is 1.39 bits per heavy atom. The molecule has 1 saturated heterocycles. The predicted octanol–water partition coefficient (Wildman–Crippen LogP) is 1.36. The lowest BCUT2D eigenvalue weighted by molar-refractivity contribution is -0.139. The first-order chi connectivity index (χ1) is 8.28. The molecule has 0 aromatic rings. The fourth-order valence-corrected chi connectivity index (χ4v) is 1.98. The molecule has 1 heterocycles. The molecule has 1 aliphatic rings. The number of thioether (sulfide) groups is 1. The molecule has 0 aromatic heterocycles. The average Bonchev–Trinajstić information content (AvgIpc) is 2.15. The van der Waals surface area contributed by atoms with Crippen LogP contribution in [-0.2, 0) is 4.79 Å². The van der Waals surface area contributed by atoms with Crippen LogP contribution in [0.15, 0.2) is 0 Å². The molecule has 18 heavy (non-hydrogen) atoms. The van der Waals surface area contributed by atoms with Crippen LogP contribution in [0.4, 0.5) is 18.0 Å². The molecular weight excluding hydrogens is 273 g/mol. The number of urea groups is 1. The van der Waals surface area contributed by atoms with Gasteiger partial charge in [0.1, 0.15) is 0 Å². The second-order valence-electron chi connectivity index (χ2n) is 3.90. The van der Waals surface area contributed by atoms with E-state index in [2.05, 4.69) is 5.32 Å². The van der Waals surface area contributed by atoms with Crippen LogP contribution < -0.4 is 5.32 Å². The number of carboxylic acids is 1. The fraction of sp³-hybridized carbons (Fsp3) is 0.778. The molecule has 2 amide bonds. The minimum Gasteiger partial charge on any atom is -0.481 e. The highest BCUT2D eigenvalue weighted by molar-refractivity contribution is 8.00. The molecule has 1 aliphatic heterocycles. The molecule has 0 saturated carbocycles. The summed E-state index contributed by atoms with van der Waals surface area (Å²) >= 11 is -0.189. The van der Waals surface area contributed by atoms with Crippen LogP contribution in [0.25, 0.3) is 0 Å². The SMILES string of the molecule is O=C(O)CC1CN(C(=O)NCCSC(F)(F)F)C1. The van der Waals surface area contributed by atoms with Gasteiger partial charge in [0.2, 0.25) is 0 Å². The zero-order valence-corrected chi connectivity index (χ0v) is 10.2. The summed E-state index contributed by atoms with van der Waals surface area (Å²) in [5, 5.41) is 10.8. The summed E-state index contributed by atoms with van der Waals surface area (Å²) in [6.07, 6.45) is 0.00764. The molecule has 0 radical (unpaired) electrons. The van der Waals surface area contributed by atoms with Gasteiger partial charge in [-0.15, -0.1) is 0 Å². The van der Waals surface area contributed by atoms with Crippen molar-refractivity contribution in [3.05, 3.63) is 0 Å². The molecule has 9 heteroatoms. The number of hydrogen-bond acceptors (Lipinski definition) is 3. The van der Waals surface area contributed by atoms with E-state index < -0.39 is 17.5 Å². The molecule has 104 valence electrons. The summed E-state index contributed by atoms with van der Waals surface area (Å²) in [6.45, 7) is 0.609. The number of rotatable bonds is 5. The lowest BCUT2D eigenvalue weighted by atomic mass is 9.97. The van der Waals surface area contributed by atoms with Crippen molar-refractivity contribution in [1.82, 2.24) is 10.2 Å². The van der Waals surface area contributed by atoms with E-state index in [-0.39, 0.29) is 36.4 Å². The highest BCUT2D eigenvalue weighted by Gasteiger charge is 2.32. The number of nitrogens with one attached hydrogen (secondary N) is 1. The largest absolute Gasteiger partial charge is 0.481 e. The van der Waals surface area contributed by atoms with Crippen LogP contribution in [0.2, 0.25) is 0 Å². The van der Waals surface area contributed by atoms with E-state index in [4.69, 9.17) is 5.11 Å². The molecule has 2 N–H and O–H groups in total. The Labute approximate surface area is 106 Å². The Balaban J connectivity index is 2.07. The van der Waals surface area contributed by atoms with Gasteiger partial charge < -0.3 is 15.3 Å². The van der Waals surface area contributed by atoms with Crippen molar-refractivity contribution in [2.75, 3.05) is 25.4 Å². The van der Waals surface area contributed by atoms with E-state index >= 15 is 0 Å². The Morgan fingerprint density at radius 3 is 2.50 bits per heavy atom. The lowest BCUT2D eigenvalue weighted by Gasteiger charge is -2.38. The number of halogens is 3. The smallest absolute Gasteiger partial charge is 0.441 e. The van der Waals surface area contributed by atoms with Crippen molar-refractivity contribution in [2.24, 2.45) is 5.92 Å². The van der Waals surface area contributed by atoms with Crippen LogP contribution in [0.3, 0.4) is 0 Å². The van der Waals surface area contributed by atoms with Gasteiger partial charge in [0, 0.05) is 31.3 Å². The third kappa shape index (κ3) is 5.48. The number of alkyl halides is 3. The Hall–Kier alpha value is -1.12. The number of nitrogens with zero attached hydrogens (tertiary/aromatic N) is 1. The molecule has 0 aliphatic carbocycles. The molecule has 0 spiro atoms. The van der Waals surface area contributed by atoms with Crippen LogP contribution in [0, 0.1) is 5.92 Å². The second kappa shape index (κ2) is 6.17. The Kier molecular flexibility index (Phi) is 5.12. The maximum atomic E-state index is 11.8. The summed E-state index contributed by atoms with van der Waals surface area (Å²) in [6, 6.07) is -0.445. The van der Waals surface area contributed by atoms with E-state index in [1.807, 2.05) is 0 Å². The monoisotopic (exact) mass is 286 g/mol. The van der Waals surface area contributed by atoms with Gasteiger partial charge in [-0.3, -0.25) is 4.79 Å². The molecule has 0 atom stereocenters. The van der Waals surface area contributed by atoms with Crippen molar-refractivity contribution >= 4 is 23.8 Å². The number of hydrogen-bond donors (Lipinski definition) is 2. The highest BCUT2D eigenvalue weighted by Crippen LogP contribution is 2.29. The van der Waals surface area contributed by atoms with E-state index in [0.717, 1.165) is 0 Å². The van der Waals surface area contributed by atoms with E-state index in [0.29, 0.717) is 13.1 Å². The first kappa shape index (κ1) is 14.9. The standard InChI is InChI=1S/C9H13F3N2O3S/c10-9(11,12)18-2-1-13-8(17)14-4-6(5-14)3-7(15)16/h6H,1-5H2,(H,13,17)(H,15,16). The topological polar surface area (TPSA) is 69.6 Å². The zero-order chi connectivity index (χ0) is 13.8. The van der Waals surface area contributed by atoms with Gasteiger partial charge in [-0.25, -0.2) is 4.79 Å². The summed E-state index contributed by atoms with van der Waals surface area (Å²) < 4.78 is 35.3. The van der Waals surface area contributed by atoms with E-state index in [1.165, 1.54) is 4.90 Å². The quantitative estimate of drug-likeness (QED) is 0.749. The Morgan fingerprint density at radius 2 is 2.00 bits per heavy atom. The zero-order valence-electron chi connectivity index (χ0n) is 9.37. The minimum atomic E-state index is -4.28. The maximum Gasteiger partial charge on any atom is 0.441 e. The second-order valence-corrected chi connectivity index (χ2v) is 5.05. The number of amides is 2. The fourth-order valence-electron chi connectivity index (χ4n) is 1.55. The van der Waals surface area contributed by atoms with Crippen molar-refractivity contribution in [2.45, 2.75) is 11.9 Å². The number of aliphatic carboxylic acids is 1. The average molecular weight is 286 g/mol. The van der Waals surface area contributed by atoms with Gasteiger partial charge in [-0.05, 0) is 11.8 Å². The van der Waals surface area contributed by atoms with Crippen LogP contribution in [0.5, 0.6) is 0 Å². The molecule has 0 unspecified atom stereocenters. The van der Waals surface area contributed by atoms with Gasteiger partial charge in [0.05, 0.1) is 6.42 Å². The number of likely N-dealkylation sites (tertiary alicyclic amines) is 1. The summed E-state index contributed by atoms with van der Waals surface area (Å²) in [7, 11) is 0. The van der Waals surface area contributed by atoms with Crippen LogP contribution in [0.1, 0.15) is 6.42 Å². The first-order valence-electron chi connectivity index (χ1n) is 5.23. The minimum absolute atomic E-state index is 0.00764. The Bertz CT molecular complexity index is 319. The molecule has 0 aromatic carbocycles. The van der Waals surface area contributed by atoms with Gasteiger partial charge >= 0.3 is 17.5 Å². The molecule has 5 nitrogen and oxygen atoms in total. The number of carbonyl (C=O) groups excluding carboxylic acids is 1. The summed E-state index contributed by atoms with van der Waals surface area (Å²) in [4.78, 5) is 23.1. The van der Waals surface area contributed by atoms with Crippen molar-refractivity contribution in [1.29, 1.82) is 0 Å². The van der Waals surface area contributed by atoms with Crippen molar-refractivity contribution in [3.8, 4) is 0 Å². The molecule has 1 rings (SSSR count). The maximum absolute atomic E-state index is 11.8. The van der Waals surface area contributed by atoms with Crippen molar-refractivity contribution in [3.63, 3.8) is 0 Å². The lowest BCUT2D eigenvalue weighted by Crippen LogP contribution is -2.54. The van der Waals surface area contributed by atoms with Gasteiger partial charge in [-0.2, -0.15) is 13.2 Å². The number of carbonyl (C=O) groups is 2. The molecule has 0 bridgehead atoms. The van der Waals surface area contributed by atoms with E-state index in [1.54, 1.807) is 0 Å². The molecule has 1 fully saturated rings. The third-order valence-electron chi connectivity index (χ3n) is 2.35. The van der Waals surface area contributed by atoms with Crippen LogP contribution in [-0.4, -0.2) is 52.9 Å².